The molecule has 7 rings (SSSR count). The molecule has 1 aliphatic rings. The second-order valence-electron chi connectivity index (χ2n) is 14.0. The summed E-state index contributed by atoms with van der Waals surface area (Å²) in [4.78, 5) is 9.43. The van der Waals surface area contributed by atoms with Crippen molar-refractivity contribution >= 4 is 23.2 Å². The van der Waals surface area contributed by atoms with E-state index in [4.69, 9.17) is 51.9 Å². The molecular weight excluding hydrogens is 759 g/mol. The minimum atomic E-state index is -1.18. The van der Waals surface area contributed by atoms with Crippen LogP contribution in [0.15, 0.2) is 146 Å². The number of aryl methyl sites for hydroxylation is 1. The normalized spacial score (nSPS) is 20.0. The lowest BCUT2D eigenvalue weighted by molar-refractivity contribution is -0.275. The van der Waals surface area contributed by atoms with Gasteiger partial charge in [-0.3, -0.25) is 0 Å². The highest BCUT2D eigenvalue weighted by Gasteiger charge is 2.50. The summed E-state index contributed by atoms with van der Waals surface area (Å²) in [6.07, 6.45) is -4.14. The van der Waals surface area contributed by atoms with Crippen molar-refractivity contribution in [3.63, 3.8) is 0 Å². The predicted molar refractivity (Wildman–Crippen MR) is 221 cm³/mol. The van der Waals surface area contributed by atoms with Crippen molar-refractivity contribution in [1.29, 1.82) is 0 Å². The molecule has 1 fully saturated rings. The Balaban J connectivity index is 1.29. The van der Waals surface area contributed by atoms with Gasteiger partial charge in [-0.05, 0) is 39.8 Å². The van der Waals surface area contributed by atoms with E-state index in [1.165, 1.54) is 0 Å². The molecule has 0 radical (unpaired) electrons. The van der Waals surface area contributed by atoms with Gasteiger partial charge in [0.15, 0.2) is 10.3 Å². The molecule has 0 aliphatic carbocycles. The van der Waals surface area contributed by atoms with E-state index in [0.29, 0.717) is 18.8 Å². The van der Waals surface area contributed by atoms with Crippen molar-refractivity contribution < 1.29 is 28.8 Å². The first kappa shape index (κ1) is 40.7. The van der Waals surface area contributed by atoms with Crippen LogP contribution in [0.3, 0.4) is 0 Å². The van der Waals surface area contributed by atoms with E-state index in [-0.39, 0.29) is 41.5 Å². The average Bonchev–Trinajstić information content (AvgIpc) is 3.26. The van der Waals surface area contributed by atoms with Crippen LogP contribution >= 0.6 is 23.2 Å². The number of aliphatic hydroxyl groups excluding tert-OH is 1. The summed E-state index contributed by atoms with van der Waals surface area (Å²) in [5.41, 5.74) is 6.09. The average molecular weight is 806 g/mol. The standard InChI is InChI=1S/C47H46Cl2N2O6/c1-2-32-23-25-37(26-24-32)41(52)39-46(48)51-47(49)40(50-39)43-45(56-30-36-21-13-6-14-22-36)44(55-29-35-19-11-5-12-20-35)42(54-28-34-17-9-4-10-18-34)38(57-43)31-53-27-33-15-7-3-8-16-33/h3-26,38,41-45,52H,2,27-31H2,1H3/t38-,41?,42-,43+,44+,45+/m1/s1. The van der Waals surface area contributed by atoms with Gasteiger partial charge in [-0.25, -0.2) is 9.97 Å². The van der Waals surface area contributed by atoms with Crippen molar-refractivity contribution in [3.8, 4) is 0 Å². The number of benzene rings is 5. The summed E-state index contributed by atoms with van der Waals surface area (Å²) in [7, 11) is 0. The summed E-state index contributed by atoms with van der Waals surface area (Å²) in [5.74, 6) is 0. The van der Waals surface area contributed by atoms with Crippen LogP contribution in [0.2, 0.25) is 10.3 Å². The maximum absolute atomic E-state index is 11.7. The number of aliphatic hydroxyl groups is 1. The van der Waals surface area contributed by atoms with Gasteiger partial charge in [0.1, 0.15) is 48.0 Å². The van der Waals surface area contributed by atoms with E-state index in [9.17, 15) is 5.11 Å². The van der Waals surface area contributed by atoms with Gasteiger partial charge in [0.2, 0.25) is 0 Å². The lowest BCUT2D eigenvalue weighted by Crippen LogP contribution is -2.58. The molecule has 8 nitrogen and oxygen atoms in total. The molecule has 0 spiro atoms. The number of rotatable bonds is 17. The number of ether oxygens (including phenoxy) is 5. The Hall–Kier alpha value is -4.48. The predicted octanol–water partition coefficient (Wildman–Crippen LogP) is 9.84. The molecule has 5 aromatic carbocycles. The molecule has 0 amide bonds. The van der Waals surface area contributed by atoms with E-state index in [1.54, 1.807) is 0 Å². The maximum atomic E-state index is 11.7. The largest absolute Gasteiger partial charge is 0.382 e. The van der Waals surface area contributed by atoms with Gasteiger partial charge in [0.25, 0.3) is 0 Å². The minimum Gasteiger partial charge on any atom is -0.382 e. The Bertz CT molecular complexity index is 2110. The van der Waals surface area contributed by atoms with E-state index >= 15 is 0 Å². The molecule has 1 aliphatic heterocycles. The fourth-order valence-electron chi connectivity index (χ4n) is 6.88. The van der Waals surface area contributed by atoms with Crippen LogP contribution in [0.4, 0.5) is 0 Å². The molecular formula is C47H46Cl2N2O6. The minimum absolute atomic E-state index is 0.0166. The van der Waals surface area contributed by atoms with Gasteiger partial charge in [0, 0.05) is 0 Å². The first-order valence-corrected chi connectivity index (χ1v) is 20.0. The lowest BCUT2D eigenvalue weighted by Gasteiger charge is -2.46. The quantitative estimate of drug-likeness (QED) is 0.0975. The molecule has 57 heavy (non-hydrogen) atoms. The van der Waals surface area contributed by atoms with Crippen LogP contribution in [0.25, 0.3) is 0 Å². The van der Waals surface area contributed by atoms with Crippen LogP contribution in [0.5, 0.6) is 0 Å². The fourth-order valence-corrected chi connectivity index (χ4v) is 7.39. The van der Waals surface area contributed by atoms with Gasteiger partial charge < -0.3 is 28.8 Å². The van der Waals surface area contributed by atoms with Crippen LogP contribution in [-0.4, -0.2) is 46.1 Å². The molecule has 1 saturated heterocycles. The van der Waals surface area contributed by atoms with E-state index in [0.717, 1.165) is 34.2 Å². The Labute approximate surface area is 344 Å². The van der Waals surface area contributed by atoms with Gasteiger partial charge in [0.05, 0.1) is 33.0 Å². The van der Waals surface area contributed by atoms with E-state index in [1.807, 2.05) is 146 Å². The molecule has 6 atom stereocenters. The summed E-state index contributed by atoms with van der Waals surface area (Å²) in [5, 5.41) is 11.7. The molecule has 2 heterocycles. The zero-order chi connectivity index (χ0) is 39.4. The Morgan fingerprint density at radius 3 is 1.54 bits per heavy atom. The molecule has 10 heteroatoms. The van der Waals surface area contributed by atoms with Gasteiger partial charge in [-0.1, -0.05) is 176 Å². The topological polar surface area (TPSA) is 92.2 Å². The van der Waals surface area contributed by atoms with Gasteiger partial charge in [-0.2, -0.15) is 0 Å². The molecule has 1 aromatic heterocycles. The van der Waals surface area contributed by atoms with Crippen molar-refractivity contribution in [2.45, 2.75) is 76.4 Å². The first-order chi connectivity index (χ1) is 28.0. The monoisotopic (exact) mass is 804 g/mol. The highest BCUT2D eigenvalue weighted by atomic mass is 35.5. The van der Waals surface area contributed by atoms with Crippen molar-refractivity contribution in [2.24, 2.45) is 0 Å². The van der Waals surface area contributed by atoms with E-state index in [2.05, 4.69) is 11.9 Å². The zero-order valence-corrected chi connectivity index (χ0v) is 33.2. The fraction of sp³-hybridized carbons (Fsp3) is 0.277. The van der Waals surface area contributed by atoms with Crippen LogP contribution in [0, 0.1) is 0 Å². The number of nitrogens with zero attached hydrogens (tertiary/aromatic N) is 2. The molecule has 6 aromatic rings. The second kappa shape index (κ2) is 20.3. The number of halogens is 2. The molecule has 0 saturated carbocycles. The molecule has 294 valence electrons. The van der Waals surface area contributed by atoms with Crippen molar-refractivity contribution in [2.75, 3.05) is 6.61 Å². The third kappa shape index (κ3) is 10.7. The second-order valence-corrected chi connectivity index (χ2v) is 14.7. The Kier molecular flexibility index (Phi) is 14.5. The van der Waals surface area contributed by atoms with Crippen molar-refractivity contribution in [1.82, 2.24) is 9.97 Å². The van der Waals surface area contributed by atoms with Crippen molar-refractivity contribution in [3.05, 3.63) is 201 Å². The maximum Gasteiger partial charge on any atom is 0.155 e. The highest BCUT2D eigenvalue weighted by molar-refractivity contribution is 6.33. The Morgan fingerprint density at radius 1 is 0.561 bits per heavy atom. The smallest absolute Gasteiger partial charge is 0.155 e. The number of hydrogen-bond acceptors (Lipinski definition) is 8. The summed E-state index contributed by atoms with van der Waals surface area (Å²) >= 11 is 13.7. The van der Waals surface area contributed by atoms with Crippen LogP contribution < -0.4 is 0 Å². The SMILES string of the molecule is CCc1ccc(C(O)c2nc([C@@H]3O[C@H](COCc4ccccc4)[C@@H](OCc4ccccc4)[C@H](OCc4ccccc4)[C@H]3OCc3ccccc3)c(Cl)nc2Cl)cc1. The third-order valence-electron chi connectivity index (χ3n) is 9.98. The number of hydrogen-bond donors (Lipinski definition) is 1. The Morgan fingerprint density at radius 2 is 1.04 bits per heavy atom. The number of aromatic nitrogens is 2. The van der Waals surface area contributed by atoms with Crippen LogP contribution in [-0.2, 0) is 56.5 Å². The molecule has 1 unspecified atom stereocenters. The molecule has 1 N–H and O–H groups in total. The summed E-state index contributed by atoms with van der Waals surface area (Å²) < 4.78 is 33.9. The molecule has 0 bridgehead atoms. The van der Waals surface area contributed by atoms with Gasteiger partial charge in [-0.15, -0.1) is 0 Å². The highest BCUT2D eigenvalue weighted by Crippen LogP contribution is 2.41. The summed E-state index contributed by atoms with van der Waals surface area (Å²) in [6, 6.07) is 47.4. The van der Waals surface area contributed by atoms with Gasteiger partial charge >= 0.3 is 0 Å². The summed E-state index contributed by atoms with van der Waals surface area (Å²) in [6.45, 7) is 3.38. The lowest BCUT2D eigenvalue weighted by atomic mass is 9.92. The third-order valence-corrected chi connectivity index (χ3v) is 10.5. The first-order valence-electron chi connectivity index (χ1n) is 19.2. The van der Waals surface area contributed by atoms with Crippen LogP contribution in [0.1, 0.15) is 63.9 Å². The zero-order valence-electron chi connectivity index (χ0n) is 31.7. The van der Waals surface area contributed by atoms with E-state index < -0.39 is 36.6 Å².